The number of anilines is 1. The van der Waals surface area contributed by atoms with Gasteiger partial charge in [0, 0.05) is 18.8 Å². The second kappa shape index (κ2) is 4.11. The largest absolute Gasteiger partial charge is 0.322 e. The zero-order valence-electron chi connectivity index (χ0n) is 7.86. The number of benzene rings is 1. The number of hydrogen-bond donors (Lipinski definition) is 2. The third kappa shape index (κ3) is 2.03. The van der Waals surface area contributed by atoms with Crippen LogP contribution in [0.1, 0.15) is 0 Å². The molecule has 0 saturated carbocycles. The Bertz CT molecular complexity index is 306. The monoisotopic (exact) mass is 191 g/mol. The number of carbonyl (C=O) groups excluding carboxylic acids is 1. The van der Waals surface area contributed by atoms with E-state index >= 15 is 0 Å². The van der Waals surface area contributed by atoms with E-state index in [4.69, 9.17) is 0 Å². The predicted molar refractivity (Wildman–Crippen MR) is 55.0 cm³/mol. The molecule has 1 aliphatic rings. The summed E-state index contributed by atoms with van der Waals surface area (Å²) in [5, 5.41) is 5.93. The summed E-state index contributed by atoms with van der Waals surface area (Å²) in [5.41, 5.74) is 0.837. The maximum atomic E-state index is 11.6. The van der Waals surface area contributed by atoms with Crippen LogP contribution in [0.4, 0.5) is 10.5 Å². The minimum Gasteiger partial charge on any atom is -0.310 e. The van der Waals surface area contributed by atoms with Crippen LogP contribution in [0.15, 0.2) is 30.3 Å². The first-order chi connectivity index (χ1) is 6.86. The van der Waals surface area contributed by atoms with Gasteiger partial charge in [-0.3, -0.25) is 5.32 Å². The highest BCUT2D eigenvalue weighted by Crippen LogP contribution is 2.06. The summed E-state index contributed by atoms with van der Waals surface area (Å²) in [5.74, 6) is 0. The lowest BCUT2D eigenvalue weighted by Gasteiger charge is -2.15. The fourth-order valence-electron chi connectivity index (χ4n) is 1.40. The standard InChI is InChI=1S/C10H13N3O/c14-10(13-7-6-11-8-13)12-9-4-2-1-3-5-9/h1-5,11H,6-8H2,(H,12,14). The molecule has 0 aromatic heterocycles. The topological polar surface area (TPSA) is 44.4 Å². The molecule has 1 aromatic carbocycles. The third-order valence-electron chi connectivity index (χ3n) is 2.17. The number of nitrogens with one attached hydrogen (secondary N) is 2. The van der Waals surface area contributed by atoms with Gasteiger partial charge in [0.25, 0.3) is 0 Å². The minimum absolute atomic E-state index is 0.0406. The fourth-order valence-corrected chi connectivity index (χ4v) is 1.40. The summed E-state index contributed by atoms with van der Waals surface area (Å²) >= 11 is 0. The second-order valence-corrected chi connectivity index (χ2v) is 3.22. The molecule has 0 spiro atoms. The van der Waals surface area contributed by atoms with Crippen LogP contribution in [0, 0.1) is 0 Å². The molecule has 1 heterocycles. The molecule has 4 nitrogen and oxygen atoms in total. The first kappa shape index (κ1) is 9.02. The average Bonchev–Trinajstić information content (AvgIpc) is 2.72. The van der Waals surface area contributed by atoms with Gasteiger partial charge in [-0.25, -0.2) is 4.79 Å². The predicted octanol–water partition coefficient (Wildman–Crippen LogP) is 1.08. The fraction of sp³-hybridized carbons (Fsp3) is 0.300. The van der Waals surface area contributed by atoms with Gasteiger partial charge in [-0.2, -0.15) is 0 Å². The Labute approximate surface area is 82.9 Å². The van der Waals surface area contributed by atoms with Crippen molar-refractivity contribution in [1.29, 1.82) is 0 Å². The molecule has 1 aromatic rings. The number of amides is 2. The van der Waals surface area contributed by atoms with E-state index in [1.165, 1.54) is 0 Å². The summed E-state index contributed by atoms with van der Waals surface area (Å²) in [7, 11) is 0. The van der Waals surface area contributed by atoms with Gasteiger partial charge in [0.05, 0.1) is 6.67 Å². The number of hydrogen-bond acceptors (Lipinski definition) is 2. The SMILES string of the molecule is O=C(Nc1ccccc1)N1CCNC1. The summed E-state index contributed by atoms with van der Waals surface area (Å²) in [4.78, 5) is 13.3. The van der Waals surface area contributed by atoms with E-state index in [0.717, 1.165) is 18.8 Å². The van der Waals surface area contributed by atoms with E-state index in [1.54, 1.807) is 4.90 Å². The van der Waals surface area contributed by atoms with Gasteiger partial charge in [0.2, 0.25) is 0 Å². The van der Waals surface area contributed by atoms with Gasteiger partial charge in [0.15, 0.2) is 0 Å². The summed E-state index contributed by atoms with van der Waals surface area (Å²) < 4.78 is 0. The van der Waals surface area contributed by atoms with Crippen LogP contribution in [0.2, 0.25) is 0 Å². The highest BCUT2D eigenvalue weighted by atomic mass is 16.2. The molecule has 0 unspecified atom stereocenters. The van der Waals surface area contributed by atoms with Gasteiger partial charge < -0.3 is 10.2 Å². The van der Waals surface area contributed by atoms with Crippen molar-refractivity contribution in [3.8, 4) is 0 Å². The summed E-state index contributed by atoms with van der Waals surface area (Å²) in [6, 6.07) is 9.44. The lowest BCUT2D eigenvalue weighted by atomic mass is 10.3. The summed E-state index contributed by atoms with van der Waals surface area (Å²) in [6.45, 7) is 2.29. The molecular weight excluding hydrogens is 178 g/mol. The van der Waals surface area contributed by atoms with Crippen molar-refractivity contribution in [2.24, 2.45) is 0 Å². The van der Waals surface area contributed by atoms with Crippen molar-refractivity contribution in [2.75, 3.05) is 25.1 Å². The number of para-hydroxylation sites is 1. The van der Waals surface area contributed by atoms with E-state index in [1.807, 2.05) is 30.3 Å². The molecule has 0 aliphatic carbocycles. The van der Waals surface area contributed by atoms with Crippen molar-refractivity contribution >= 4 is 11.7 Å². The second-order valence-electron chi connectivity index (χ2n) is 3.22. The number of nitrogens with zero attached hydrogens (tertiary/aromatic N) is 1. The van der Waals surface area contributed by atoms with Crippen LogP contribution in [0.25, 0.3) is 0 Å². The van der Waals surface area contributed by atoms with Crippen LogP contribution in [-0.2, 0) is 0 Å². The van der Waals surface area contributed by atoms with Crippen LogP contribution in [0.5, 0.6) is 0 Å². The van der Waals surface area contributed by atoms with Crippen molar-refractivity contribution < 1.29 is 4.79 Å². The van der Waals surface area contributed by atoms with Crippen LogP contribution >= 0.6 is 0 Å². The van der Waals surface area contributed by atoms with Crippen molar-refractivity contribution in [1.82, 2.24) is 10.2 Å². The Hall–Kier alpha value is -1.55. The van der Waals surface area contributed by atoms with Crippen molar-refractivity contribution in [3.63, 3.8) is 0 Å². The van der Waals surface area contributed by atoms with Crippen LogP contribution in [0.3, 0.4) is 0 Å². The first-order valence-corrected chi connectivity index (χ1v) is 4.68. The van der Waals surface area contributed by atoms with E-state index in [9.17, 15) is 4.79 Å². The molecule has 1 fully saturated rings. The quantitative estimate of drug-likeness (QED) is 0.697. The molecular formula is C10H13N3O. The Morgan fingerprint density at radius 1 is 1.36 bits per heavy atom. The molecule has 1 saturated heterocycles. The lowest BCUT2D eigenvalue weighted by molar-refractivity contribution is 0.222. The lowest BCUT2D eigenvalue weighted by Crippen LogP contribution is -2.33. The Morgan fingerprint density at radius 3 is 2.79 bits per heavy atom. The first-order valence-electron chi connectivity index (χ1n) is 4.68. The molecule has 2 rings (SSSR count). The molecule has 4 heteroatoms. The van der Waals surface area contributed by atoms with Gasteiger partial charge in [-0.05, 0) is 12.1 Å². The van der Waals surface area contributed by atoms with Gasteiger partial charge in [0.1, 0.15) is 0 Å². The Kier molecular flexibility index (Phi) is 2.65. The number of rotatable bonds is 1. The highest BCUT2D eigenvalue weighted by molar-refractivity contribution is 5.89. The van der Waals surface area contributed by atoms with Gasteiger partial charge >= 0.3 is 6.03 Å². The van der Waals surface area contributed by atoms with Crippen molar-refractivity contribution in [3.05, 3.63) is 30.3 Å². The molecule has 0 bridgehead atoms. The third-order valence-corrected chi connectivity index (χ3v) is 2.17. The van der Waals surface area contributed by atoms with Crippen LogP contribution in [-0.4, -0.2) is 30.7 Å². The molecule has 2 N–H and O–H groups in total. The molecule has 2 amide bonds. The maximum Gasteiger partial charge on any atom is 0.322 e. The molecule has 1 aliphatic heterocycles. The van der Waals surface area contributed by atoms with Crippen molar-refractivity contribution in [2.45, 2.75) is 0 Å². The smallest absolute Gasteiger partial charge is 0.310 e. The molecule has 14 heavy (non-hydrogen) atoms. The molecule has 0 atom stereocenters. The van der Waals surface area contributed by atoms with Gasteiger partial charge in [-0.1, -0.05) is 18.2 Å². The van der Waals surface area contributed by atoms with E-state index in [0.29, 0.717) is 6.67 Å². The number of urea groups is 1. The number of carbonyl (C=O) groups is 1. The van der Waals surface area contributed by atoms with Gasteiger partial charge in [-0.15, -0.1) is 0 Å². The molecule has 74 valence electrons. The minimum atomic E-state index is -0.0406. The summed E-state index contributed by atoms with van der Waals surface area (Å²) in [6.07, 6.45) is 0. The van der Waals surface area contributed by atoms with E-state index < -0.39 is 0 Å². The van der Waals surface area contributed by atoms with E-state index in [2.05, 4.69) is 10.6 Å². The maximum absolute atomic E-state index is 11.6. The van der Waals surface area contributed by atoms with Crippen LogP contribution < -0.4 is 10.6 Å². The Balaban J connectivity index is 1.94. The zero-order valence-corrected chi connectivity index (χ0v) is 7.86. The highest BCUT2D eigenvalue weighted by Gasteiger charge is 2.16. The Morgan fingerprint density at radius 2 is 2.14 bits per heavy atom. The average molecular weight is 191 g/mol. The molecule has 0 radical (unpaired) electrons. The normalized spacial score (nSPS) is 15.6. The zero-order chi connectivity index (χ0) is 9.80. The van der Waals surface area contributed by atoms with E-state index in [-0.39, 0.29) is 6.03 Å².